The SMILES string of the molecule is CCNC(=NCC(C)N1CCN(C)CC1)NCC(c1ccc(OC)cc1)N1CCCC1. The maximum Gasteiger partial charge on any atom is 0.191 e. The fourth-order valence-electron chi connectivity index (χ4n) is 4.47. The van der Waals surface area contributed by atoms with E-state index in [2.05, 4.69) is 70.5 Å². The molecule has 0 amide bonds. The van der Waals surface area contributed by atoms with E-state index in [1.165, 1.54) is 18.4 Å². The molecule has 0 spiro atoms. The molecule has 2 atom stereocenters. The lowest BCUT2D eigenvalue weighted by atomic mass is 10.1. The molecule has 0 saturated carbocycles. The molecule has 0 aliphatic carbocycles. The summed E-state index contributed by atoms with van der Waals surface area (Å²) in [6.07, 6.45) is 2.56. The molecule has 2 N–H and O–H groups in total. The Morgan fingerprint density at radius 1 is 1.00 bits per heavy atom. The summed E-state index contributed by atoms with van der Waals surface area (Å²) in [6.45, 7) is 13.8. The maximum atomic E-state index is 5.35. The van der Waals surface area contributed by atoms with E-state index in [0.29, 0.717) is 12.1 Å². The van der Waals surface area contributed by atoms with Crippen molar-refractivity contribution < 1.29 is 4.74 Å². The van der Waals surface area contributed by atoms with E-state index < -0.39 is 0 Å². The van der Waals surface area contributed by atoms with E-state index in [9.17, 15) is 0 Å². The van der Waals surface area contributed by atoms with E-state index >= 15 is 0 Å². The average molecular weight is 431 g/mol. The third-order valence-corrected chi connectivity index (χ3v) is 6.56. The topological polar surface area (TPSA) is 55.4 Å². The van der Waals surface area contributed by atoms with Crippen molar-refractivity contribution in [3.8, 4) is 5.75 Å². The number of aliphatic imine (C=N–C) groups is 1. The van der Waals surface area contributed by atoms with Gasteiger partial charge in [-0.1, -0.05) is 12.1 Å². The molecule has 2 fully saturated rings. The number of ether oxygens (including phenoxy) is 1. The van der Waals surface area contributed by atoms with Crippen molar-refractivity contribution in [3.63, 3.8) is 0 Å². The van der Waals surface area contributed by atoms with E-state index in [4.69, 9.17) is 9.73 Å². The molecule has 31 heavy (non-hydrogen) atoms. The van der Waals surface area contributed by atoms with Crippen LogP contribution in [0.3, 0.4) is 0 Å². The third kappa shape index (κ3) is 7.09. The molecule has 7 heteroatoms. The zero-order valence-corrected chi connectivity index (χ0v) is 19.9. The second kappa shape index (κ2) is 12.3. The minimum Gasteiger partial charge on any atom is -0.497 e. The van der Waals surface area contributed by atoms with Gasteiger partial charge in [-0.25, -0.2) is 0 Å². The monoisotopic (exact) mass is 430 g/mol. The number of piperazine rings is 1. The maximum absolute atomic E-state index is 5.35. The number of likely N-dealkylation sites (tertiary alicyclic amines) is 1. The first kappa shape index (κ1) is 23.8. The molecular formula is C24H42N6O. The lowest BCUT2D eigenvalue weighted by Gasteiger charge is -2.36. The summed E-state index contributed by atoms with van der Waals surface area (Å²) < 4.78 is 5.35. The Labute approximate surface area is 188 Å². The normalized spacial score (nSPS) is 21.1. The standard InChI is InChI=1S/C24H42N6O/c1-5-25-24(26-18-20(2)29-16-14-28(3)15-17-29)27-19-23(30-12-6-7-13-30)21-8-10-22(31-4)11-9-21/h8-11,20,23H,5-7,12-19H2,1-4H3,(H2,25,26,27). The molecule has 0 bridgehead atoms. The minimum atomic E-state index is 0.340. The highest BCUT2D eigenvalue weighted by atomic mass is 16.5. The molecular weight excluding hydrogens is 388 g/mol. The smallest absolute Gasteiger partial charge is 0.191 e. The van der Waals surface area contributed by atoms with Gasteiger partial charge in [-0.05, 0) is 64.5 Å². The van der Waals surface area contributed by atoms with Gasteiger partial charge in [-0.3, -0.25) is 14.8 Å². The number of nitrogens with one attached hydrogen (secondary N) is 2. The molecule has 3 rings (SSSR count). The number of likely N-dealkylation sites (N-methyl/N-ethyl adjacent to an activating group) is 1. The molecule has 2 aliphatic rings. The van der Waals surface area contributed by atoms with Crippen LogP contribution in [0.1, 0.15) is 38.3 Å². The van der Waals surface area contributed by atoms with Crippen LogP contribution in [0.25, 0.3) is 0 Å². The van der Waals surface area contributed by atoms with E-state index in [1.54, 1.807) is 7.11 Å². The Balaban J connectivity index is 1.61. The van der Waals surface area contributed by atoms with Gasteiger partial charge in [0.25, 0.3) is 0 Å². The number of hydrogen-bond donors (Lipinski definition) is 2. The van der Waals surface area contributed by atoms with Gasteiger partial charge in [-0.15, -0.1) is 0 Å². The molecule has 0 radical (unpaired) electrons. The van der Waals surface area contributed by atoms with E-state index in [0.717, 1.165) is 70.6 Å². The van der Waals surface area contributed by atoms with Crippen molar-refractivity contribution >= 4 is 5.96 Å². The molecule has 1 aromatic rings. The van der Waals surface area contributed by atoms with Crippen LogP contribution in [0.5, 0.6) is 5.75 Å². The summed E-state index contributed by atoms with van der Waals surface area (Å²) in [5.41, 5.74) is 1.33. The van der Waals surface area contributed by atoms with Crippen molar-refractivity contribution in [2.24, 2.45) is 4.99 Å². The fraction of sp³-hybridized carbons (Fsp3) is 0.708. The van der Waals surface area contributed by atoms with Crippen molar-refractivity contribution in [1.29, 1.82) is 0 Å². The Bertz CT molecular complexity index is 665. The van der Waals surface area contributed by atoms with Gasteiger partial charge >= 0.3 is 0 Å². The van der Waals surface area contributed by atoms with Crippen LogP contribution in [0.4, 0.5) is 0 Å². The average Bonchev–Trinajstić information content (AvgIpc) is 3.33. The number of rotatable bonds is 9. The highest BCUT2D eigenvalue weighted by Gasteiger charge is 2.24. The Hall–Kier alpha value is -1.83. The summed E-state index contributed by atoms with van der Waals surface area (Å²) >= 11 is 0. The van der Waals surface area contributed by atoms with Crippen LogP contribution in [-0.2, 0) is 0 Å². The summed E-state index contributed by atoms with van der Waals surface area (Å²) in [5, 5.41) is 7.07. The lowest BCUT2D eigenvalue weighted by molar-refractivity contribution is 0.122. The predicted octanol–water partition coefficient (Wildman–Crippen LogP) is 2.02. The van der Waals surface area contributed by atoms with E-state index in [1.807, 2.05) is 0 Å². The van der Waals surface area contributed by atoms with Gasteiger partial charge in [0.05, 0.1) is 19.7 Å². The van der Waals surface area contributed by atoms with Crippen LogP contribution >= 0.6 is 0 Å². The van der Waals surface area contributed by atoms with Crippen molar-refractivity contribution in [1.82, 2.24) is 25.3 Å². The Kier molecular flexibility index (Phi) is 9.43. The van der Waals surface area contributed by atoms with Crippen molar-refractivity contribution in [3.05, 3.63) is 29.8 Å². The number of guanidine groups is 1. The van der Waals surface area contributed by atoms with Crippen LogP contribution in [0, 0.1) is 0 Å². The summed E-state index contributed by atoms with van der Waals surface area (Å²) in [7, 11) is 3.92. The second-order valence-electron chi connectivity index (χ2n) is 8.82. The molecule has 2 aliphatic heterocycles. The first-order valence-electron chi connectivity index (χ1n) is 11.9. The molecule has 7 nitrogen and oxygen atoms in total. The van der Waals surface area contributed by atoms with Crippen LogP contribution < -0.4 is 15.4 Å². The Morgan fingerprint density at radius 3 is 2.29 bits per heavy atom. The largest absolute Gasteiger partial charge is 0.497 e. The zero-order chi connectivity index (χ0) is 22.1. The first-order valence-corrected chi connectivity index (χ1v) is 11.9. The van der Waals surface area contributed by atoms with Crippen molar-refractivity contribution in [2.75, 3.05) is 73.1 Å². The highest BCUT2D eigenvalue weighted by molar-refractivity contribution is 5.79. The molecule has 2 saturated heterocycles. The van der Waals surface area contributed by atoms with Gasteiger partial charge in [0.15, 0.2) is 5.96 Å². The van der Waals surface area contributed by atoms with Crippen LogP contribution in [0.15, 0.2) is 29.3 Å². The molecule has 2 unspecified atom stereocenters. The summed E-state index contributed by atoms with van der Waals surface area (Å²) in [6, 6.07) is 9.32. The summed E-state index contributed by atoms with van der Waals surface area (Å²) in [5.74, 6) is 1.82. The lowest BCUT2D eigenvalue weighted by Crippen LogP contribution is -2.49. The van der Waals surface area contributed by atoms with Crippen LogP contribution in [-0.4, -0.2) is 99.8 Å². The molecule has 174 valence electrons. The van der Waals surface area contributed by atoms with Gasteiger partial charge in [0.1, 0.15) is 5.75 Å². The third-order valence-electron chi connectivity index (χ3n) is 6.56. The highest BCUT2D eigenvalue weighted by Crippen LogP contribution is 2.26. The van der Waals surface area contributed by atoms with Gasteiger partial charge in [0.2, 0.25) is 0 Å². The second-order valence-corrected chi connectivity index (χ2v) is 8.82. The number of benzene rings is 1. The van der Waals surface area contributed by atoms with Gasteiger partial charge in [-0.2, -0.15) is 0 Å². The van der Waals surface area contributed by atoms with Crippen LogP contribution in [0.2, 0.25) is 0 Å². The molecule has 2 heterocycles. The van der Waals surface area contributed by atoms with E-state index in [-0.39, 0.29) is 0 Å². The quantitative estimate of drug-likeness (QED) is 0.462. The number of methoxy groups -OCH3 is 1. The number of nitrogens with zero attached hydrogens (tertiary/aromatic N) is 4. The summed E-state index contributed by atoms with van der Waals surface area (Å²) in [4.78, 5) is 12.5. The Morgan fingerprint density at radius 2 is 1.68 bits per heavy atom. The molecule has 1 aromatic carbocycles. The number of hydrogen-bond acceptors (Lipinski definition) is 5. The zero-order valence-electron chi connectivity index (χ0n) is 19.9. The van der Waals surface area contributed by atoms with Gasteiger partial charge < -0.3 is 20.3 Å². The van der Waals surface area contributed by atoms with Crippen molar-refractivity contribution in [2.45, 2.75) is 38.8 Å². The fourth-order valence-corrected chi connectivity index (χ4v) is 4.47. The molecule has 0 aromatic heterocycles. The first-order chi connectivity index (χ1) is 15.1. The predicted molar refractivity (Wildman–Crippen MR) is 129 cm³/mol. The minimum absolute atomic E-state index is 0.340. The van der Waals surface area contributed by atoms with Gasteiger partial charge in [0, 0.05) is 45.3 Å².